The summed E-state index contributed by atoms with van der Waals surface area (Å²) in [4.78, 5) is 28.0. The number of nitrogens with zero attached hydrogens (tertiary/aromatic N) is 4. The van der Waals surface area contributed by atoms with Gasteiger partial charge in [0.25, 0.3) is 0 Å². The Kier molecular flexibility index (Phi) is 6.70. The van der Waals surface area contributed by atoms with Crippen molar-refractivity contribution in [1.29, 1.82) is 0 Å². The van der Waals surface area contributed by atoms with Crippen LogP contribution >= 0.6 is 23.4 Å². The molecule has 3 rings (SSSR count). The van der Waals surface area contributed by atoms with E-state index in [1.54, 1.807) is 12.3 Å². The molecule has 0 bridgehead atoms. The number of nitrogens with one attached hydrogen (secondary N) is 2. The third kappa shape index (κ3) is 4.79. The summed E-state index contributed by atoms with van der Waals surface area (Å²) in [6, 6.07) is 3.22. The van der Waals surface area contributed by atoms with Crippen LogP contribution in [0.5, 0.6) is 0 Å². The molecule has 2 aromatic rings. The van der Waals surface area contributed by atoms with Crippen LogP contribution in [0.1, 0.15) is 6.92 Å². The number of carbonyl (C=O) groups is 1. The quantitative estimate of drug-likeness (QED) is 0.580. The predicted octanol–water partition coefficient (Wildman–Crippen LogP) is 2.89. The highest BCUT2D eigenvalue weighted by Gasteiger charge is 2.21. The molecule has 1 aliphatic heterocycles. The maximum atomic E-state index is 11.6. The maximum Gasteiger partial charge on any atom is 0.320 e. The van der Waals surface area contributed by atoms with Gasteiger partial charge in [0.15, 0.2) is 5.82 Å². The highest BCUT2D eigenvalue weighted by atomic mass is 35.5. The molecule has 0 radical (unpaired) electrons. The fraction of sp³-hybridized carbons (Fsp3) is 0.412. The van der Waals surface area contributed by atoms with Crippen LogP contribution in [0.4, 0.5) is 16.4 Å². The first-order valence-corrected chi connectivity index (χ1v) is 10.2. The molecule has 0 atom stereocenters. The normalized spacial score (nSPS) is 14.1. The number of ether oxygens (including phenoxy) is 1. The van der Waals surface area contributed by atoms with E-state index >= 15 is 0 Å². The minimum atomic E-state index is -0.295. The Bertz CT molecular complexity index is 799. The van der Waals surface area contributed by atoms with Gasteiger partial charge >= 0.3 is 6.03 Å². The van der Waals surface area contributed by atoms with Crippen LogP contribution in [0.15, 0.2) is 23.2 Å². The SMILES string of the molecule is CCNC(=O)Nc1ccc(-c2nc(Cl)c(SC)c(N3CCOCC3)n2)cn1. The smallest absolute Gasteiger partial charge is 0.320 e. The Morgan fingerprint density at radius 1 is 1.33 bits per heavy atom. The fourth-order valence-corrected chi connectivity index (χ4v) is 3.59. The van der Waals surface area contributed by atoms with Crippen LogP contribution in [0.3, 0.4) is 0 Å². The van der Waals surface area contributed by atoms with Crippen molar-refractivity contribution >= 4 is 41.0 Å². The van der Waals surface area contributed by atoms with Gasteiger partial charge in [-0.25, -0.2) is 19.7 Å². The second-order valence-corrected chi connectivity index (χ2v) is 6.89. The molecule has 8 nitrogen and oxygen atoms in total. The number of morpholine rings is 1. The second kappa shape index (κ2) is 9.20. The van der Waals surface area contributed by atoms with Crippen LogP contribution < -0.4 is 15.5 Å². The zero-order chi connectivity index (χ0) is 19.2. The molecule has 2 N–H and O–H groups in total. The molecule has 0 aromatic carbocycles. The number of urea groups is 1. The predicted molar refractivity (Wildman–Crippen MR) is 108 cm³/mol. The van der Waals surface area contributed by atoms with Gasteiger partial charge in [0, 0.05) is 31.4 Å². The van der Waals surface area contributed by atoms with Crippen molar-refractivity contribution in [3.05, 3.63) is 23.5 Å². The van der Waals surface area contributed by atoms with E-state index in [-0.39, 0.29) is 6.03 Å². The Morgan fingerprint density at radius 3 is 2.74 bits per heavy atom. The number of hydrogen-bond donors (Lipinski definition) is 2. The topological polar surface area (TPSA) is 92.3 Å². The molecule has 10 heteroatoms. The molecular formula is C17H21ClN6O2S. The summed E-state index contributed by atoms with van der Waals surface area (Å²) in [6.45, 7) is 5.23. The summed E-state index contributed by atoms with van der Waals surface area (Å²) in [5.74, 6) is 1.76. The van der Waals surface area contributed by atoms with Gasteiger partial charge in [0.05, 0.1) is 18.1 Å². The van der Waals surface area contributed by atoms with Crippen LogP contribution in [-0.4, -0.2) is 60.1 Å². The summed E-state index contributed by atoms with van der Waals surface area (Å²) < 4.78 is 5.43. The lowest BCUT2D eigenvalue weighted by Crippen LogP contribution is -2.37. The monoisotopic (exact) mass is 408 g/mol. The number of rotatable bonds is 5. The lowest BCUT2D eigenvalue weighted by Gasteiger charge is -2.29. The van der Waals surface area contributed by atoms with Crippen molar-refractivity contribution in [2.45, 2.75) is 11.8 Å². The lowest BCUT2D eigenvalue weighted by molar-refractivity contribution is 0.122. The number of halogens is 1. The molecule has 0 saturated carbocycles. The van der Waals surface area contributed by atoms with Crippen LogP contribution in [0.2, 0.25) is 5.15 Å². The minimum Gasteiger partial charge on any atom is -0.378 e. The first kappa shape index (κ1) is 19.7. The fourth-order valence-electron chi connectivity index (χ4n) is 2.63. The van der Waals surface area contributed by atoms with E-state index in [1.807, 2.05) is 19.2 Å². The number of anilines is 2. The first-order chi connectivity index (χ1) is 13.1. The highest BCUT2D eigenvalue weighted by molar-refractivity contribution is 7.98. The highest BCUT2D eigenvalue weighted by Crippen LogP contribution is 2.35. The number of aromatic nitrogens is 3. The van der Waals surface area contributed by atoms with E-state index in [0.717, 1.165) is 29.4 Å². The van der Waals surface area contributed by atoms with E-state index in [9.17, 15) is 4.79 Å². The number of pyridine rings is 1. The van der Waals surface area contributed by atoms with Crippen molar-refractivity contribution in [2.75, 3.05) is 49.3 Å². The molecule has 144 valence electrons. The van der Waals surface area contributed by atoms with Gasteiger partial charge in [-0.05, 0) is 25.3 Å². The number of thioether (sulfide) groups is 1. The second-order valence-electron chi connectivity index (χ2n) is 5.71. The van der Waals surface area contributed by atoms with Crippen molar-refractivity contribution in [3.8, 4) is 11.4 Å². The molecule has 2 amide bonds. The third-order valence-electron chi connectivity index (χ3n) is 3.92. The summed E-state index contributed by atoms with van der Waals surface area (Å²) in [7, 11) is 0. The van der Waals surface area contributed by atoms with Crippen molar-refractivity contribution < 1.29 is 9.53 Å². The lowest BCUT2D eigenvalue weighted by atomic mass is 10.2. The van der Waals surface area contributed by atoms with Gasteiger partial charge in [0.1, 0.15) is 16.8 Å². The standard InChI is InChI=1S/C17H21ClN6O2S/c1-3-19-17(25)21-12-5-4-11(10-20-12)15-22-14(18)13(27-2)16(23-15)24-6-8-26-9-7-24/h4-5,10H,3,6-9H2,1-2H3,(H2,19,20,21,25). The van der Waals surface area contributed by atoms with E-state index in [0.29, 0.717) is 36.6 Å². The van der Waals surface area contributed by atoms with Crippen LogP contribution in [0, 0.1) is 0 Å². The van der Waals surface area contributed by atoms with Gasteiger partial charge in [-0.15, -0.1) is 11.8 Å². The Labute approximate surface area is 167 Å². The largest absolute Gasteiger partial charge is 0.378 e. The molecule has 0 aliphatic carbocycles. The van der Waals surface area contributed by atoms with Crippen molar-refractivity contribution in [1.82, 2.24) is 20.3 Å². The van der Waals surface area contributed by atoms with Gasteiger partial charge < -0.3 is 15.0 Å². The molecular weight excluding hydrogens is 388 g/mol. The van der Waals surface area contributed by atoms with E-state index in [1.165, 1.54) is 11.8 Å². The average Bonchev–Trinajstić information content (AvgIpc) is 2.69. The molecule has 1 fully saturated rings. The number of amides is 2. The molecule has 0 unspecified atom stereocenters. The van der Waals surface area contributed by atoms with Crippen LogP contribution in [0.25, 0.3) is 11.4 Å². The van der Waals surface area contributed by atoms with E-state index in [2.05, 4.69) is 25.5 Å². The maximum absolute atomic E-state index is 11.6. The molecule has 1 aliphatic rings. The zero-order valence-electron chi connectivity index (χ0n) is 15.2. The third-order valence-corrected chi connectivity index (χ3v) is 5.09. The number of hydrogen-bond acceptors (Lipinski definition) is 7. The zero-order valence-corrected chi connectivity index (χ0v) is 16.7. The molecule has 1 saturated heterocycles. The first-order valence-electron chi connectivity index (χ1n) is 8.58. The molecule has 27 heavy (non-hydrogen) atoms. The average molecular weight is 409 g/mol. The Hall–Kier alpha value is -2.10. The Balaban J connectivity index is 1.87. The van der Waals surface area contributed by atoms with Crippen molar-refractivity contribution in [3.63, 3.8) is 0 Å². The van der Waals surface area contributed by atoms with Gasteiger partial charge in [-0.3, -0.25) is 5.32 Å². The van der Waals surface area contributed by atoms with Gasteiger partial charge in [-0.2, -0.15) is 0 Å². The summed E-state index contributed by atoms with van der Waals surface area (Å²) in [5.41, 5.74) is 0.723. The van der Waals surface area contributed by atoms with Crippen LogP contribution in [-0.2, 0) is 4.74 Å². The molecule has 3 heterocycles. The van der Waals surface area contributed by atoms with E-state index in [4.69, 9.17) is 21.3 Å². The number of carbonyl (C=O) groups excluding carboxylic acids is 1. The Morgan fingerprint density at radius 2 is 2.11 bits per heavy atom. The summed E-state index contributed by atoms with van der Waals surface area (Å²) >= 11 is 7.95. The molecule has 0 spiro atoms. The summed E-state index contributed by atoms with van der Waals surface area (Å²) in [5, 5.41) is 5.73. The summed E-state index contributed by atoms with van der Waals surface area (Å²) in [6.07, 6.45) is 3.58. The van der Waals surface area contributed by atoms with Gasteiger partial charge in [0.2, 0.25) is 0 Å². The van der Waals surface area contributed by atoms with E-state index < -0.39 is 0 Å². The van der Waals surface area contributed by atoms with Crippen molar-refractivity contribution in [2.24, 2.45) is 0 Å². The minimum absolute atomic E-state index is 0.295. The molecule has 2 aromatic heterocycles. The van der Waals surface area contributed by atoms with Gasteiger partial charge in [-0.1, -0.05) is 11.6 Å².